The normalized spacial score (nSPS) is 29.1. The van der Waals surface area contributed by atoms with Crippen LogP contribution in [0.5, 0.6) is 0 Å². The van der Waals surface area contributed by atoms with E-state index in [9.17, 15) is 14.7 Å². The van der Waals surface area contributed by atoms with Crippen molar-refractivity contribution >= 4 is 11.9 Å². The van der Waals surface area contributed by atoms with E-state index in [1.54, 1.807) is 0 Å². The van der Waals surface area contributed by atoms with Crippen LogP contribution in [0, 0.1) is 5.41 Å². The van der Waals surface area contributed by atoms with Gasteiger partial charge in [-0.15, -0.1) is 0 Å². The Kier molecular flexibility index (Phi) is 3.38. The number of likely N-dealkylation sites (tertiary alicyclic amines) is 2. The number of rotatable bonds is 4. The number of hydrogen-bond donors (Lipinski definition) is 1. The molecule has 17 heavy (non-hydrogen) atoms. The van der Waals surface area contributed by atoms with E-state index in [1.807, 2.05) is 16.7 Å². The molecule has 2 saturated heterocycles. The third-order valence-corrected chi connectivity index (χ3v) is 4.13. The zero-order chi connectivity index (χ0) is 12.5. The third kappa shape index (κ3) is 2.29. The van der Waals surface area contributed by atoms with E-state index >= 15 is 0 Å². The van der Waals surface area contributed by atoms with Gasteiger partial charge in [-0.25, -0.2) is 0 Å². The van der Waals surface area contributed by atoms with Gasteiger partial charge in [0.2, 0.25) is 5.91 Å². The molecular formula is C12H20N2O3. The molecule has 96 valence electrons. The van der Waals surface area contributed by atoms with E-state index in [0.29, 0.717) is 25.9 Å². The van der Waals surface area contributed by atoms with Crippen molar-refractivity contribution in [1.29, 1.82) is 0 Å². The van der Waals surface area contributed by atoms with E-state index in [-0.39, 0.29) is 5.91 Å². The van der Waals surface area contributed by atoms with Crippen LogP contribution < -0.4 is 0 Å². The number of nitrogens with zero attached hydrogens (tertiary/aromatic N) is 2. The summed E-state index contributed by atoms with van der Waals surface area (Å²) in [6, 6.07) is 0. The fourth-order valence-electron chi connectivity index (χ4n) is 2.56. The van der Waals surface area contributed by atoms with Crippen molar-refractivity contribution < 1.29 is 14.7 Å². The van der Waals surface area contributed by atoms with Gasteiger partial charge in [-0.05, 0) is 25.8 Å². The van der Waals surface area contributed by atoms with E-state index in [0.717, 1.165) is 26.1 Å². The summed E-state index contributed by atoms with van der Waals surface area (Å²) in [5, 5.41) is 9.26. The SMILES string of the molecule is CCC1(C(=O)O)CCN(CC(=O)N2CCC2)C1. The lowest BCUT2D eigenvalue weighted by Crippen LogP contribution is -2.47. The molecular weight excluding hydrogens is 220 g/mol. The largest absolute Gasteiger partial charge is 0.481 e. The molecule has 0 aromatic carbocycles. The summed E-state index contributed by atoms with van der Waals surface area (Å²) in [7, 11) is 0. The van der Waals surface area contributed by atoms with Crippen LogP contribution >= 0.6 is 0 Å². The topological polar surface area (TPSA) is 60.9 Å². The van der Waals surface area contributed by atoms with Crippen molar-refractivity contribution in [3.63, 3.8) is 0 Å². The van der Waals surface area contributed by atoms with Crippen LogP contribution in [-0.4, -0.2) is 59.5 Å². The molecule has 1 amide bonds. The number of aliphatic carboxylic acids is 1. The molecule has 5 nitrogen and oxygen atoms in total. The van der Waals surface area contributed by atoms with Gasteiger partial charge in [0.1, 0.15) is 0 Å². The van der Waals surface area contributed by atoms with Crippen molar-refractivity contribution in [2.75, 3.05) is 32.7 Å². The molecule has 0 aliphatic carbocycles. The van der Waals surface area contributed by atoms with Crippen LogP contribution in [0.2, 0.25) is 0 Å². The monoisotopic (exact) mass is 240 g/mol. The Morgan fingerprint density at radius 1 is 1.29 bits per heavy atom. The van der Waals surface area contributed by atoms with Gasteiger partial charge in [-0.2, -0.15) is 0 Å². The Morgan fingerprint density at radius 2 is 2.00 bits per heavy atom. The zero-order valence-corrected chi connectivity index (χ0v) is 10.3. The fraction of sp³-hybridized carbons (Fsp3) is 0.833. The fourth-order valence-corrected chi connectivity index (χ4v) is 2.56. The first-order valence-corrected chi connectivity index (χ1v) is 6.31. The molecule has 0 aromatic rings. The Labute approximate surface area is 101 Å². The molecule has 2 aliphatic heterocycles. The van der Waals surface area contributed by atoms with Crippen molar-refractivity contribution in [2.45, 2.75) is 26.2 Å². The summed E-state index contributed by atoms with van der Waals surface area (Å²) in [6.07, 6.45) is 2.39. The summed E-state index contributed by atoms with van der Waals surface area (Å²) < 4.78 is 0. The predicted octanol–water partition coefficient (Wildman–Crippen LogP) is 0.405. The summed E-state index contributed by atoms with van der Waals surface area (Å²) in [4.78, 5) is 26.9. The molecule has 2 heterocycles. The number of carboxylic acid groups (broad SMARTS) is 1. The van der Waals surface area contributed by atoms with Crippen molar-refractivity contribution in [3.05, 3.63) is 0 Å². The first-order chi connectivity index (χ1) is 8.07. The number of amides is 1. The second-order valence-electron chi connectivity index (χ2n) is 5.13. The molecule has 0 bridgehead atoms. The Balaban J connectivity index is 1.88. The van der Waals surface area contributed by atoms with Crippen LogP contribution in [0.15, 0.2) is 0 Å². The van der Waals surface area contributed by atoms with Gasteiger partial charge in [-0.3, -0.25) is 14.5 Å². The molecule has 1 unspecified atom stereocenters. The van der Waals surface area contributed by atoms with E-state index in [4.69, 9.17) is 0 Å². The van der Waals surface area contributed by atoms with Crippen LogP contribution in [0.3, 0.4) is 0 Å². The standard InChI is InChI=1S/C12H20N2O3/c1-2-12(11(16)17)4-7-13(9-12)8-10(15)14-5-3-6-14/h2-9H2,1H3,(H,16,17). The summed E-state index contributed by atoms with van der Waals surface area (Å²) in [6.45, 7) is 5.26. The highest BCUT2D eigenvalue weighted by molar-refractivity contribution is 5.79. The van der Waals surface area contributed by atoms with Gasteiger partial charge in [0.15, 0.2) is 0 Å². The number of carbonyl (C=O) groups excluding carboxylic acids is 1. The molecule has 5 heteroatoms. The van der Waals surface area contributed by atoms with Crippen LogP contribution in [0.25, 0.3) is 0 Å². The summed E-state index contributed by atoms with van der Waals surface area (Å²) >= 11 is 0. The van der Waals surface area contributed by atoms with Crippen molar-refractivity contribution in [3.8, 4) is 0 Å². The van der Waals surface area contributed by atoms with Crippen molar-refractivity contribution in [1.82, 2.24) is 9.80 Å². The molecule has 1 N–H and O–H groups in total. The van der Waals surface area contributed by atoms with Crippen LogP contribution in [0.4, 0.5) is 0 Å². The minimum Gasteiger partial charge on any atom is -0.481 e. The summed E-state index contributed by atoms with van der Waals surface area (Å²) in [5.74, 6) is -0.576. The molecule has 2 rings (SSSR count). The van der Waals surface area contributed by atoms with Gasteiger partial charge in [0.05, 0.1) is 12.0 Å². The molecule has 1 atom stereocenters. The minimum absolute atomic E-state index is 0.147. The van der Waals surface area contributed by atoms with Gasteiger partial charge in [0.25, 0.3) is 0 Å². The highest BCUT2D eigenvalue weighted by Gasteiger charge is 2.43. The maximum atomic E-state index is 11.8. The maximum absolute atomic E-state index is 11.8. The number of hydrogen-bond acceptors (Lipinski definition) is 3. The lowest BCUT2D eigenvalue weighted by molar-refractivity contribution is -0.149. The second-order valence-corrected chi connectivity index (χ2v) is 5.13. The first-order valence-electron chi connectivity index (χ1n) is 6.31. The predicted molar refractivity (Wildman–Crippen MR) is 62.6 cm³/mol. The average molecular weight is 240 g/mol. The zero-order valence-electron chi connectivity index (χ0n) is 10.3. The van der Waals surface area contributed by atoms with Crippen molar-refractivity contribution in [2.24, 2.45) is 5.41 Å². The molecule has 0 saturated carbocycles. The van der Waals surface area contributed by atoms with Crippen LogP contribution in [-0.2, 0) is 9.59 Å². The lowest BCUT2D eigenvalue weighted by atomic mass is 9.84. The Bertz CT molecular complexity index is 328. The van der Waals surface area contributed by atoms with Gasteiger partial charge < -0.3 is 10.0 Å². The molecule has 2 fully saturated rings. The number of carboxylic acids is 1. The van der Waals surface area contributed by atoms with E-state index in [2.05, 4.69) is 0 Å². The van der Waals surface area contributed by atoms with Gasteiger partial charge in [-0.1, -0.05) is 6.92 Å². The van der Waals surface area contributed by atoms with E-state index in [1.165, 1.54) is 0 Å². The molecule has 0 aromatic heterocycles. The van der Waals surface area contributed by atoms with Gasteiger partial charge >= 0.3 is 5.97 Å². The number of carbonyl (C=O) groups is 2. The first kappa shape index (κ1) is 12.4. The van der Waals surface area contributed by atoms with Crippen LogP contribution in [0.1, 0.15) is 26.2 Å². The highest BCUT2D eigenvalue weighted by atomic mass is 16.4. The smallest absolute Gasteiger partial charge is 0.310 e. The highest BCUT2D eigenvalue weighted by Crippen LogP contribution is 2.34. The second kappa shape index (κ2) is 4.64. The minimum atomic E-state index is -0.723. The quantitative estimate of drug-likeness (QED) is 0.773. The third-order valence-electron chi connectivity index (χ3n) is 4.13. The Morgan fingerprint density at radius 3 is 2.41 bits per heavy atom. The lowest BCUT2D eigenvalue weighted by Gasteiger charge is -2.32. The van der Waals surface area contributed by atoms with Gasteiger partial charge in [0, 0.05) is 19.6 Å². The van der Waals surface area contributed by atoms with E-state index < -0.39 is 11.4 Å². The molecule has 0 spiro atoms. The Hall–Kier alpha value is -1.10. The molecule has 0 radical (unpaired) electrons. The molecule has 2 aliphatic rings. The summed E-state index contributed by atoms with van der Waals surface area (Å²) in [5.41, 5.74) is -0.630. The average Bonchev–Trinajstić information content (AvgIpc) is 2.59. The maximum Gasteiger partial charge on any atom is 0.310 e.